The molecule has 14 heteroatoms. The summed E-state index contributed by atoms with van der Waals surface area (Å²) in [6, 6.07) is 12.9. The number of anilines is 3. The van der Waals surface area contributed by atoms with Crippen molar-refractivity contribution in [1.29, 1.82) is 0 Å². The molecule has 1 aliphatic heterocycles. The van der Waals surface area contributed by atoms with Crippen molar-refractivity contribution in [2.75, 3.05) is 63.4 Å². The van der Waals surface area contributed by atoms with Gasteiger partial charge in [0.15, 0.2) is 5.82 Å². The van der Waals surface area contributed by atoms with Crippen molar-refractivity contribution in [3.05, 3.63) is 99.0 Å². The topological polar surface area (TPSA) is 151 Å². The number of carbonyl (C=O) groups excluding carboxylic acids is 1. The first-order chi connectivity index (χ1) is 25.6. The number of halogens is 2. The molecule has 1 aliphatic carbocycles. The lowest BCUT2D eigenvalue weighted by atomic mass is 9.97. The van der Waals surface area contributed by atoms with E-state index in [0.29, 0.717) is 56.5 Å². The van der Waals surface area contributed by atoms with E-state index >= 15 is 8.78 Å². The summed E-state index contributed by atoms with van der Waals surface area (Å²) in [5.74, 6) is -0.593. The van der Waals surface area contributed by atoms with E-state index in [4.69, 9.17) is 25.7 Å². The number of carbonyl (C=O) groups is 1. The summed E-state index contributed by atoms with van der Waals surface area (Å²) in [7, 11) is 3.25. The Labute approximate surface area is 304 Å². The quantitative estimate of drug-likeness (QED) is 0.170. The molecule has 2 fully saturated rings. The van der Waals surface area contributed by atoms with Gasteiger partial charge in [-0.25, -0.2) is 18.6 Å². The SMILES string of the molecule is CCOC(=O)c1cn(C2CC2)c2c(F)c(N3CCN(Cc4ccc(-c5cc(Cc6cnc(N)nc6N)ccc5OC)cc4OC)CC3)c(F)cc2c1=O. The number of fused-ring (bicyclic) bond motifs is 1. The molecule has 3 heterocycles. The van der Waals surface area contributed by atoms with E-state index in [9.17, 15) is 9.59 Å². The summed E-state index contributed by atoms with van der Waals surface area (Å²) in [6.07, 6.45) is 5.04. The molecule has 0 bridgehead atoms. The fourth-order valence-corrected chi connectivity index (χ4v) is 7.01. The summed E-state index contributed by atoms with van der Waals surface area (Å²) >= 11 is 0. The van der Waals surface area contributed by atoms with Crippen molar-refractivity contribution in [2.24, 2.45) is 0 Å². The number of methoxy groups -OCH3 is 2. The van der Waals surface area contributed by atoms with Gasteiger partial charge in [-0.3, -0.25) is 9.69 Å². The molecule has 4 N–H and O–H groups in total. The van der Waals surface area contributed by atoms with E-state index in [1.807, 2.05) is 36.4 Å². The standard InChI is InChI=1S/C39H41F2N7O5/c1-4-53-38(50)29-21-48(26-8-9-26)34-28(36(29)49)18-30(40)35(33(34)41)47-13-11-46(12-14-47)20-24-7-6-23(17-32(24)52-3)27-16-22(5-10-31(27)51-2)15-25-19-44-39(43)45-37(25)42/h5-7,10,16-19,21,26H,4,8-9,11-15,20H2,1-3H3,(H4,42,43,44,45). The lowest BCUT2D eigenvalue weighted by Gasteiger charge is -2.36. The highest BCUT2D eigenvalue weighted by Gasteiger charge is 2.32. The molecule has 0 spiro atoms. The predicted molar refractivity (Wildman–Crippen MR) is 198 cm³/mol. The molecule has 53 heavy (non-hydrogen) atoms. The van der Waals surface area contributed by atoms with E-state index in [2.05, 4.69) is 14.9 Å². The minimum absolute atomic E-state index is 0.0137. The van der Waals surface area contributed by atoms with Gasteiger partial charge in [0.05, 0.1) is 31.7 Å². The van der Waals surface area contributed by atoms with Gasteiger partial charge >= 0.3 is 5.97 Å². The zero-order valence-electron chi connectivity index (χ0n) is 29.8. The van der Waals surface area contributed by atoms with Crippen molar-refractivity contribution in [1.82, 2.24) is 19.4 Å². The van der Waals surface area contributed by atoms with Crippen LogP contribution in [0.3, 0.4) is 0 Å². The summed E-state index contributed by atoms with van der Waals surface area (Å²) in [4.78, 5) is 37.8. The zero-order valence-corrected chi connectivity index (χ0v) is 29.8. The van der Waals surface area contributed by atoms with Crippen molar-refractivity contribution in [3.63, 3.8) is 0 Å². The van der Waals surface area contributed by atoms with Crippen LogP contribution in [0, 0.1) is 11.6 Å². The number of benzene rings is 3. The number of esters is 1. The number of nitrogens with two attached hydrogens (primary N) is 2. The number of ether oxygens (including phenoxy) is 3. The first-order valence-electron chi connectivity index (χ1n) is 17.5. The molecule has 2 aliphatic rings. The molecule has 7 rings (SSSR count). The van der Waals surface area contributed by atoms with Crippen LogP contribution in [0.4, 0.5) is 26.2 Å². The summed E-state index contributed by atoms with van der Waals surface area (Å²) in [5, 5.41) is -0.166. The van der Waals surface area contributed by atoms with Crippen LogP contribution in [-0.4, -0.2) is 72.4 Å². The van der Waals surface area contributed by atoms with Crippen molar-refractivity contribution in [3.8, 4) is 22.6 Å². The Hall–Kier alpha value is -5.76. The minimum Gasteiger partial charge on any atom is -0.496 e. The van der Waals surface area contributed by atoms with Crippen LogP contribution in [0.2, 0.25) is 0 Å². The van der Waals surface area contributed by atoms with Crippen LogP contribution < -0.4 is 31.3 Å². The molecule has 1 saturated heterocycles. The number of pyridine rings is 1. The molecule has 276 valence electrons. The average Bonchev–Trinajstić information content (AvgIpc) is 4.00. The second-order valence-corrected chi connectivity index (χ2v) is 13.3. The Morgan fingerprint density at radius 1 is 0.962 bits per heavy atom. The van der Waals surface area contributed by atoms with Gasteiger partial charge in [-0.2, -0.15) is 4.98 Å². The third-order valence-corrected chi connectivity index (χ3v) is 9.88. The molecule has 1 saturated carbocycles. The molecular formula is C39H41F2N7O5. The summed E-state index contributed by atoms with van der Waals surface area (Å²) < 4.78 is 50.3. The molecule has 0 radical (unpaired) electrons. The van der Waals surface area contributed by atoms with E-state index in [1.165, 1.54) is 6.20 Å². The van der Waals surface area contributed by atoms with Crippen molar-refractivity contribution in [2.45, 2.75) is 38.8 Å². The van der Waals surface area contributed by atoms with Crippen molar-refractivity contribution < 1.29 is 27.8 Å². The third-order valence-electron chi connectivity index (χ3n) is 9.88. The maximum absolute atomic E-state index is 16.4. The molecule has 5 aromatic rings. The van der Waals surface area contributed by atoms with Crippen LogP contribution in [0.1, 0.15) is 52.9 Å². The molecule has 0 unspecified atom stereocenters. The Balaban J connectivity index is 1.09. The fourth-order valence-electron chi connectivity index (χ4n) is 7.01. The van der Waals surface area contributed by atoms with Crippen LogP contribution in [0.5, 0.6) is 11.5 Å². The lowest BCUT2D eigenvalue weighted by molar-refractivity contribution is 0.0524. The molecule has 0 amide bonds. The number of piperazine rings is 1. The van der Waals surface area contributed by atoms with Gasteiger partial charge in [0, 0.05) is 74.3 Å². The monoisotopic (exact) mass is 725 g/mol. The number of aromatic nitrogens is 3. The largest absolute Gasteiger partial charge is 0.496 e. The van der Waals surface area contributed by atoms with Gasteiger partial charge in [0.1, 0.15) is 34.4 Å². The molecule has 0 atom stereocenters. The van der Waals surface area contributed by atoms with Gasteiger partial charge in [0.2, 0.25) is 11.4 Å². The Morgan fingerprint density at radius 3 is 2.40 bits per heavy atom. The Morgan fingerprint density at radius 2 is 1.72 bits per heavy atom. The number of hydrogen-bond donors (Lipinski definition) is 2. The average molecular weight is 726 g/mol. The Bertz CT molecular complexity index is 2270. The molecule has 2 aromatic heterocycles. The van der Waals surface area contributed by atoms with E-state index < -0.39 is 23.0 Å². The normalized spacial score (nSPS) is 14.8. The fraction of sp³-hybridized carbons (Fsp3) is 0.333. The van der Waals surface area contributed by atoms with Gasteiger partial charge in [0.25, 0.3) is 0 Å². The van der Waals surface area contributed by atoms with E-state index in [-0.39, 0.29) is 40.8 Å². The zero-order chi connectivity index (χ0) is 37.4. The number of nitrogens with zero attached hydrogens (tertiary/aromatic N) is 5. The molecule has 3 aromatic carbocycles. The van der Waals surface area contributed by atoms with E-state index in [1.54, 1.807) is 36.8 Å². The highest BCUT2D eigenvalue weighted by atomic mass is 19.1. The van der Waals surface area contributed by atoms with Gasteiger partial charge in [-0.1, -0.05) is 18.2 Å². The maximum Gasteiger partial charge on any atom is 0.343 e. The minimum atomic E-state index is -0.842. The first kappa shape index (κ1) is 35.6. The second kappa shape index (κ2) is 14.7. The second-order valence-electron chi connectivity index (χ2n) is 13.3. The predicted octanol–water partition coefficient (Wildman–Crippen LogP) is 5.34. The van der Waals surface area contributed by atoms with Crippen molar-refractivity contribution >= 4 is 34.3 Å². The molecular weight excluding hydrogens is 684 g/mol. The van der Waals surface area contributed by atoms with Gasteiger partial charge in [-0.15, -0.1) is 0 Å². The van der Waals surface area contributed by atoms with Crippen LogP contribution >= 0.6 is 0 Å². The Kier molecular flexibility index (Phi) is 9.88. The van der Waals surface area contributed by atoms with Crippen LogP contribution in [0.25, 0.3) is 22.0 Å². The number of hydrogen-bond acceptors (Lipinski definition) is 11. The number of nitrogen functional groups attached to an aromatic ring is 2. The van der Waals surface area contributed by atoms with E-state index in [0.717, 1.165) is 46.7 Å². The smallest absolute Gasteiger partial charge is 0.343 e. The van der Waals surface area contributed by atoms with Gasteiger partial charge in [-0.05, 0) is 55.2 Å². The van der Waals surface area contributed by atoms with Crippen LogP contribution in [0.15, 0.2) is 59.7 Å². The molecule has 12 nitrogen and oxygen atoms in total. The summed E-state index contributed by atoms with van der Waals surface area (Å²) in [6.45, 7) is 4.07. The van der Waals surface area contributed by atoms with Gasteiger partial charge < -0.3 is 35.1 Å². The van der Waals surface area contributed by atoms with Crippen LogP contribution in [-0.2, 0) is 17.7 Å². The number of rotatable bonds is 11. The highest BCUT2D eigenvalue weighted by Crippen LogP contribution is 2.40. The first-order valence-corrected chi connectivity index (χ1v) is 17.5. The highest BCUT2D eigenvalue weighted by molar-refractivity contribution is 5.95. The maximum atomic E-state index is 16.4. The lowest BCUT2D eigenvalue weighted by Crippen LogP contribution is -2.46. The third kappa shape index (κ3) is 7.06. The summed E-state index contributed by atoms with van der Waals surface area (Å²) in [5.41, 5.74) is 15.1.